The van der Waals surface area contributed by atoms with E-state index in [0.717, 1.165) is 31.1 Å². The van der Waals surface area contributed by atoms with Crippen molar-refractivity contribution < 1.29 is 14.3 Å². The summed E-state index contributed by atoms with van der Waals surface area (Å²) < 4.78 is 13.6. The van der Waals surface area contributed by atoms with Crippen molar-refractivity contribution in [2.75, 3.05) is 30.1 Å². The lowest BCUT2D eigenvalue weighted by Gasteiger charge is -2.25. The van der Waals surface area contributed by atoms with Crippen LogP contribution in [0.4, 0.5) is 10.8 Å². The molecule has 1 fully saturated rings. The van der Waals surface area contributed by atoms with Crippen LogP contribution >= 0.6 is 11.3 Å². The number of benzene rings is 1. The zero-order chi connectivity index (χ0) is 22.9. The molecular formula is C22H25N5O5S. The molecule has 1 amide bonds. The first-order valence-corrected chi connectivity index (χ1v) is 12.0. The SMILES string of the molecule is CCCn1c(=O)c2sc(N3CCCCC3)nc2n(CC(=O)Nc2ccc3c(c2)OCO3)c1=O. The minimum atomic E-state index is -0.523. The van der Waals surface area contributed by atoms with Crippen LogP contribution in [0.1, 0.15) is 32.6 Å². The molecule has 0 saturated carbocycles. The summed E-state index contributed by atoms with van der Waals surface area (Å²) in [5.74, 6) is 0.770. The summed E-state index contributed by atoms with van der Waals surface area (Å²) >= 11 is 1.30. The minimum absolute atomic E-state index is 0.141. The summed E-state index contributed by atoms with van der Waals surface area (Å²) in [6, 6.07) is 5.10. The molecule has 0 radical (unpaired) electrons. The summed E-state index contributed by atoms with van der Waals surface area (Å²) in [5, 5.41) is 3.51. The molecule has 33 heavy (non-hydrogen) atoms. The van der Waals surface area contributed by atoms with Crippen LogP contribution in [0.5, 0.6) is 11.5 Å². The van der Waals surface area contributed by atoms with Crippen molar-refractivity contribution in [3.05, 3.63) is 39.0 Å². The Kier molecular flexibility index (Phi) is 5.79. The molecule has 10 nitrogen and oxygen atoms in total. The van der Waals surface area contributed by atoms with Crippen molar-refractivity contribution in [2.24, 2.45) is 0 Å². The molecule has 5 rings (SSSR count). The van der Waals surface area contributed by atoms with Gasteiger partial charge in [-0.1, -0.05) is 18.3 Å². The normalized spacial score (nSPS) is 15.2. The molecule has 0 spiro atoms. The van der Waals surface area contributed by atoms with Crippen LogP contribution in [-0.4, -0.2) is 39.9 Å². The molecule has 0 aliphatic carbocycles. The Morgan fingerprint density at radius 2 is 1.91 bits per heavy atom. The molecule has 0 atom stereocenters. The third-order valence-electron chi connectivity index (χ3n) is 5.79. The molecule has 1 aromatic carbocycles. The van der Waals surface area contributed by atoms with E-state index in [-0.39, 0.29) is 31.1 Å². The van der Waals surface area contributed by atoms with Crippen LogP contribution < -0.4 is 30.9 Å². The highest BCUT2D eigenvalue weighted by molar-refractivity contribution is 7.22. The molecule has 0 unspecified atom stereocenters. The van der Waals surface area contributed by atoms with E-state index in [1.165, 1.54) is 26.9 Å². The smallest absolute Gasteiger partial charge is 0.333 e. The number of nitrogens with one attached hydrogen (secondary N) is 1. The van der Waals surface area contributed by atoms with Crippen LogP contribution in [0.3, 0.4) is 0 Å². The monoisotopic (exact) mass is 471 g/mol. The lowest BCUT2D eigenvalue weighted by atomic mass is 10.1. The van der Waals surface area contributed by atoms with E-state index in [9.17, 15) is 14.4 Å². The lowest BCUT2D eigenvalue weighted by molar-refractivity contribution is -0.116. The maximum Gasteiger partial charge on any atom is 0.333 e. The zero-order valence-electron chi connectivity index (χ0n) is 18.3. The Balaban J connectivity index is 1.50. The minimum Gasteiger partial charge on any atom is -0.454 e. The summed E-state index contributed by atoms with van der Waals surface area (Å²) in [6.45, 7) is 3.82. The summed E-state index contributed by atoms with van der Waals surface area (Å²) in [4.78, 5) is 45.9. The average molecular weight is 472 g/mol. The molecule has 3 aromatic rings. The van der Waals surface area contributed by atoms with Gasteiger partial charge in [-0.15, -0.1) is 0 Å². The van der Waals surface area contributed by atoms with Crippen LogP contribution in [-0.2, 0) is 17.9 Å². The molecule has 0 bridgehead atoms. The van der Waals surface area contributed by atoms with E-state index >= 15 is 0 Å². The molecule has 2 aliphatic heterocycles. The van der Waals surface area contributed by atoms with E-state index in [1.807, 2.05) is 6.92 Å². The fraction of sp³-hybridized carbons (Fsp3) is 0.455. The molecule has 2 aliphatic rings. The first kappa shape index (κ1) is 21.5. The molecule has 174 valence electrons. The number of nitrogens with zero attached hydrogens (tertiary/aromatic N) is 4. The summed E-state index contributed by atoms with van der Waals surface area (Å²) in [6.07, 6.45) is 3.94. The predicted octanol–water partition coefficient (Wildman–Crippen LogP) is 2.39. The maximum absolute atomic E-state index is 13.2. The van der Waals surface area contributed by atoms with Gasteiger partial charge in [0.05, 0.1) is 0 Å². The van der Waals surface area contributed by atoms with E-state index < -0.39 is 11.6 Å². The highest BCUT2D eigenvalue weighted by atomic mass is 32.1. The number of hydrogen-bond acceptors (Lipinski definition) is 8. The van der Waals surface area contributed by atoms with Gasteiger partial charge in [-0.25, -0.2) is 9.78 Å². The second-order valence-corrected chi connectivity index (χ2v) is 9.12. The first-order chi connectivity index (χ1) is 16.0. The van der Waals surface area contributed by atoms with Gasteiger partial charge in [-0.2, -0.15) is 0 Å². The third kappa shape index (κ3) is 4.08. The maximum atomic E-state index is 13.2. The second-order valence-electron chi connectivity index (χ2n) is 8.14. The fourth-order valence-corrected chi connectivity index (χ4v) is 5.24. The van der Waals surface area contributed by atoms with Crippen LogP contribution in [0.15, 0.2) is 27.8 Å². The van der Waals surface area contributed by atoms with Crippen LogP contribution in [0.25, 0.3) is 10.3 Å². The molecule has 11 heteroatoms. The number of anilines is 2. The molecule has 1 saturated heterocycles. The van der Waals surface area contributed by atoms with Gasteiger partial charge in [-0.3, -0.25) is 18.7 Å². The number of amides is 1. The van der Waals surface area contributed by atoms with Crippen molar-refractivity contribution in [3.8, 4) is 11.5 Å². The highest BCUT2D eigenvalue weighted by Gasteiger charge is 2.23. The molecule has 4 heterocycles. The number of thiazole rings is 1. The van der Waals surface area contributed by atoms with Gasteiger partial charge in [0.15, 0.2) is 22.3 Å². The number of carbonyl (C=O) groups excluding carboxylic acids is 1. The Morgan fingerprint density at radius 3 is 2.70 bits per heavy atom. The average Bonchev–Trinajstić information content (AvgIpc) is 3.47. The Morgan fingerprint density at radius 1 is 1.12 bits per heavy atom. The van der Waals surface area contributed by atoms with Crippen LogP contribution in [0, 0.1) is 0 Å². The Labute approximate surface area is 193 Å². The number of piperidine rings is 1. The number of carbonyl (C=O) groups is 1. The van der Waals surface area contributed by atoms with Crippen LogP contribution in [0.2, 0.25) is 0 Å². The van der Waals surface area contributed by atoms with Crippen molar-refractivity contribution >= 4 is 38.4 Å². The van der Waals surface area contributed by atoms with Crippen molar-refractivity contribution in [2.45, 2.75) is 45.7 Å². The lowest BCUT2D eigenvalue weighted by Crippen LogP contribution is -2.41. The standard InChI is InChI=1S/C22H25N5O5S/c1-2-8-26-20(29)18-19(24-21(33-18)25-9-4-3-5-10-25)27(22(26)30)12-17(28)23-14-6-7-15-16(11-14)32-13-31-15/h6-7,11H,2-5,8-10,12-13H2,1H3,(H,23,28). The molecule has 2 aromatic heterocycles. The third-order valence-corrected chi connectivity index (χ3v) is 6.88. The van der Waals surface area contributed by atoms with Gasteiger partial charge in [0, 0.05) is 31.4 Å². The number of aromatic nitrogens is 3. The van der Waals surface area contributed by atoms with Gasteiger partial charge < -0.3 is 19.7 Å². The van der Waals surface area contributed by atoms with Crippen molar-refractivity contribution in [1.29, 1.82) is 0 Å². The summed E-state index contributed by atoms with van der Waals surface area (Å²) in [7, 11) is 0. The fourth-order valence-electron chi connectivity index (χ4n) is 4.17. The van der Waals surface area contributed by atoms with Gasteiger partial charge in [-0.05, 0) is 37.8 Å². The largest absolute Gasteiger partial charge is 0.454 e. The van der Waals surface area contributed by atoms with E-state index in [4.69, 9.17) is 9.47 Å². The first-order valence-electron chi connectivity index (χ1n) is 11.1. The predicted molar refractivity (Wildman–Crippen MR) is 126 cm³/mol. The van der Waals surface area contributed by atoms with Gasteiger partial charge >= 0.3 is 5.69 Å². The van der Waals surface area contributed by atoms with E-state index in [0.29, 0.717) is 28.3 Å². The number of ether oxygens (including phenoxy) is 2. The Bertz CT molecular complexity index is 1320. The quantitative estimate of drug-likeness (QED) is 0.588. The Hall–Kier alpha value is -3.34. The number of fused-ring (bicyclic) bond motifs is 2. The molecule has 1 N–H and O–H groups in total. The highest BCUT2D eigenvalue weighted by Crippen LogP contribution is 2.34. The second kappa shape index (κ2) is 8.89. The number of hydrogen-bond donors (Lipinski definition) is 1. The van der Waals surface area contributed by atoms with Gasteiger partial charge in [0.1, 0.15) is 11.2 Å². The number of rotatable bonds is 6. The van der Waals surface area contributed by atoms with Gasteiger partial charge in [0.2, 0.25) is 12.7 Å². The van der Waals surface area contributed by atoms with Gasteiger partial charge in [0.25, 0.3) is 5.56 Å². The van der Waals surface area contributed by atoms with Crippen molar-refractivity contribution in [3.63, 3.8) is 0 Å². The zero-order valence-corrected chi connectivity index (χ0v) is 19.2. The van der Waals surface area contributed by atoms with E-state index in [2.05, 4.69) is 15.2 Å². The van der Waals surface area contributed by atoms with E-state index in [1.54, 1.807) is 18.2 Å². The molecular weight excluding hydrogens is 446 g/mol. The van der Waals surface area contributed by atoms with Crippen molar-refractivity contribution in [1.82, 2.24) is 14.1 Å². The topological polar surface area (TPSA) is 108 Å². The summed E-state index contributed by atoms with van der Waals surface area (Å²) in [5.41, 5.74) is -0.0674.